The molecule has 178 valence electrons. The summed E-state index contributed by atoms with van der Waals surface area (Å²) >= 11 is 0. The normalized spacial score (nSPS) is 15.5. The number of allylic oxidation sites excluding steroid dienone is 1. The summed E-state index contributed by atoms with van der Waals surface area (Å²) in [6.07, 6.45) is 3.05. The summed E-state index contributed by atoms with van der Waals surface area (Å²) in [5.74, 6) is 2.54. The molecule has 3 aromatic carbocycles. The van der Waals surface area contributed by atoms with E-state index in [2.05, 4.69) is 23.3 Å². The smallest absolute Gasteiger partial charge is 0.227 e. The summed E-state index contributed by atoms with van der Waals surface area (Å²) in [6, 6.07) is 23.8. The lowest BCUT2D eigenvalue weighted by molar-refractivity contribution is -0.117. The number of anilines is 1. The SMILES string of the molecule is C=CCc1ccccc1OCCn1c(C2CC(=O)N(c3ccccc3OC)C2)nc2ccccc21. The molecule has 5 rings (SSSR count). The zero-order chi connectivity index (χ0) is 24.2. The number of benzene rings is 3. The summed E-state index contributed by atoms with van der Waals surface area (Å²) in [6.45, 7) is 5.54. The van der Waals surface area contributed by atoms with Crippen molar-refractivity contribution in [1.29, 1.82) is 0 Å². The molecule has 0 spiro atoms. The first-order valence-corrected chi connectivity index (χ1v) is 11.9. The first-order chi connectivity index (χ1) is 17.2. The van der Waals surface area contributed by atoms with Gasteiger partial charge < -0.3 is 18.9 Å². The average Bonchev–Trinajstić information content (AvgIpc) is 3.45. The molecule has 4 aromatic rings. The molecule has 1 saturated heterocycles. The molecule has 1 fully saturated rings. The molecule has 1 atom stereocenters. The van der Waals surface area contributed by atoms with Crippen molar-refractivity contribution in [1.82, 2.24) is 9.55 Å². The molecule has 1 aliphatic rings. The second kappa shape index (κ2) is 10.1. The van der Waals surface area contributed by atoms with E-state index in [-0.39, 0.29) is 11.8 Å². The van der Waals surface area contributed by atoms with Gasteiger partial charge in [0.15, 0.2) is 0 Å². The van der Waals surface area contributed by atoms with Gasteiger partial charge in [0.1, 0.15) is 23.9 Å². The van der Waals surface area contributed by atoms with Crippen LogP contribution in [-0.2, 0) is 17.8 Å². The zero-order valence-electron chi connectivity index (χ0n) is 19.9. The van der Waals surface area contributed by atoms with Crippen LogP contribution < -0.4 is 14.4 Å². The van der Waals surface area contributed by atoms with Gasteiger partial charge in [-0.05, 0) is 42.3 Å². The van der Waals surface area contributed by atoms with E-state index in [1.807, 2.05) is 71.6 Å². The molecule has 0 bridgehead atoms. The van der Waals surface area contributed by atoms with Crippen LogP contribution in [0.4, 0.5) is 5.69 Å². The first kappa shape index (κ1) is 22.7. The van der Waals surface area contributed by atoms with Crippen molar-refractivity contribution in [3.63, 3.8) is 0 Å². The molecule has 6 heteroatoms. The van der Waals surface area contributed by atoms with Crippen molar-refractivity contribution in [2.24, 2.45) is 0 Å². The van der Waals surface area contributed by atoms with Crippen LogP contribution in [0.2, 0.25) is 0 Å². The van der Waals surface area contributed by atoms with Crippen LogP contribution in [0.15, 0.2) is 85.5 Å². The quantitative estimate of drug-likeness (QED) is 0.311. The zero-order valence-corrected chi connectivity index (χ0v) is 19.9. The number of imidazole rings is 1. The number of carbonyl (C=O) groups is 1. The van der Waals surface area contributed by atoms with Gasteiger partial charge in [0, 0.05) is 18.9 Å². The number of para-hydroxylation sites is 5. The van der Waals surface area contributed by atoms with Gasteiger partial charge in [-0.25, -0.2) is 4.98 Å². The highest BCUT2D eigenvalue weighted by Crippen LogP contribution is 2.37. The van der Waals surface area contributed by atoms with Gasteiger partial charge in [0.2, 0.25) is 5.91 Å². The number of rotatable bonds is 9. The molecule has 1 aliphatic heterocycles. The summed E-state index contributed by atoms with van der Waals surface area (Å²) in [7, 11) is 1.63. The van der Waals surface area contributed by atoms with Crippen LogP contribution in [0.5, 0.6) is 11.5 Å². The fraction of sp³-hybridized carbons (Fsp3) is 0.241. The maximum absolute atomic E-state index is 13.1. The van der Waals surface area contributed by atoms with Crippen molar-refractivity contribution in [3.8, 4) is 11.5 Å². The Bertz CT molecular complexity index is 1360. The van der Waals surface area contributed by atoms with Crippen molar-refractivity contribution < 1.29 is 14.3 Å². The molecule has 0 N–H and O–H groups in total. The highest BCUT2D eigenvalue weighted by Gasteiger charge is 2.35. The van der Waals surface area contributed by atoms with E-state index in [1.54, 1.807) is 7.11 Å². The molecule has 35 heavy (non-hydrogen) atoms. The van der Waals surface area contributed by atoms with Crippen molar-refractivity contribution in [3.05, 3.63) is 96.8 Å². The third kappa shape index (κ3) is 4.52. The number of ether oxygens (including phenoxy) is 2. The number of aromatic nitrogens is 2. The van der Waals surface area contributed by atoms with Gasteiger partial charge >= 0.3 is 0 Å². The standard InChI is InChI=1S/C29H29N3O3/c1-3-10-21-11-4-8-15-26(21)35-18-17-31-24-13-6-5-12-23(24)30-29(31)22-19-28(33)32(20-22)25-14-7-9-16-27(25)34-2/h3-9,11-16,22H,1,10,17-20H2,2H3. The molecule has 2 heterocycles. The summed E-state index contributed by atoms with van der Waals surface area (Å²) in [5.41, 5.74) is 3.89. The van der Waals surface area contributed by atoms with E-state index in [0.29, 0.717) is 31.9 Å². The number of amides is 1. The predicted molar refractivity (Wildman–Crippen MR) is 138 cm³/mol. The van der Waals surface area contributed by atoms with E-state index >= 15 is 0 Å². The highest BCUT2D eigenvalue weighted by atomic mass is 16.5. The Hall–Kier alpha value is -4.06. The second-order valence-corrected chi connectivity index (χ2v) is 8.64. The van der Waals surface area contributed by atoms with Gasteiger partial charge in [-0.3, -0.25) is 4.79 Å². The van der Waals surface area contributed by atoms with Crippen molar-refractivity contribution in [2.75, 3.05) is 25.2 Å². The third-order valence-corrected chi connectivity index (χ3v) is 6.46. The van der Waals surface area contributed by atoms with Crippen molar-refractivity contribution in [2.45, 2.75) is 25.3 Å². The van der Waals surface area contributed by atoms with Gasteiger partial charge in [0.05, 0.1) is 30.4 Å². The lowest BCUT2D eigenvalue weighted by Crippen LogP contribution is -2.25. The third-order valence-electron chi connectivity index (χ3n) is 6.46. The summed E-state index contributed by atoms with van der Waals surface area (Å²) < 4.78 is 13.9. The maximum atomic E-state index is 13.1. The number of fused-ring (bicyclic) bond motifs is 1. The van der Waals surface area contributed by atoms with Crippen molar-refractivity contribution >= 4 is 22.6 Å². The Morgan fingerprint density at radius 2 is 1.77 bits per heavy atom. The predicted octanol–water partition coefficient (Wildman–Crippen LogP) is 5.37. The molecule has 0 radical (unpaired) electrons. The van der Waals surface area contributed by atoms with Crippen LogP contribution in [0.1, 0.15) is 23.7 Å². The first-order valence-electron chi connectivity index (χ1n) is 11.9. The fourth-order valence-corrected chi connectivity index (χ4v) is 4.82. The second-order valence-electron chi connectivity index (χ2n) is 8.64. The van der Waals surface area contributed by atoms with Gasteiger partial charge in [0.25, 0.3) is 0 Å². The van der Waals surface area contributed by atoms with E-state index in [9.17, 15) is 4.79 Å². The molecule has 1 amide bonds. The fourth-order valence-electron chi connectivity index (χ4n) is 4.82. The average molecular weight is 468 g/mol. The van der Waals surface area contributed by atoms with Crippen LogP contribution in [0.25, 0.3) is 11.0 Å². The minimum atomic E-state index is -0.0205. The van der Waals surface area contributed by atoms with Gasteiger partial charge in [-0.1, -0.05) is 48.5 Å². The van der Waals surface area contributed by atoms with Crippen LogP contribution >= 0.6 is 0 Å². The lowest BCUT2D eigenvalue weighted by atomic mass is 10.1. The van der Waals surface area contributed by atoms with Gasteiger partial charge in [-0.15, -0.1) is 6.58 Å². The monoisotopic (exact) mass is 467 g/mol. The molecule has 1 aromatic heterocycles. The van der Waals surface area contributed by atoms with E-state index in [1.165, 1.54) is 0 Å². The minimum absolute atomic E-state index is 0.0205. The number of nitrogens with zero attached hydrogens (tertiary/aromatic N) is 3. The minimum Gasteiger partial charge on any atom is -0.495 e. The summed E-state index contributed by atoms with van der Waals surface area (Å²) in [5, 5.41) is 0. The number of hydrogen-bond donors (Lipinski definition) is 0. The Morgan fingerprint density at radius 3 is 2.60 bits per heavy atom. The summed E-state index contributed by atoms with van der Waals surface area (Å²) in [4.78, 5) is 19.8. The Balaban J connectivity index is 1.41. The molecule has 6 nitrogen and oxygen atoms in total. The van der Waals surface area contributed by atoms with Gasteiger partial charge in [-0.2, -0.15) is 0 Å². The number of carbonyl (C=O) groups excluding carboxylic acids is 1. The van der Waals surface area contributed by atoms with E-state index in [0.717, 1.165) is 40.3 Å². The lowest BCUT2D eigenvalue weighted by Gasteiger charge is -2.20. The topological polar surface area (TPSA) is 56.6 Å². The largest absolute Gasteiger partial charge is 0.495 e. The molecule has 0 saturated carbocycles. The maximum Gasteiger partial charge on any atom is 0.227 e. The van der Waals surface area contributed by atoms with Crippen LogP contribution in [0, 0.1) is 0 Å². The molecular weight excluding hydrogens is 438 g/mol. The number of methoxy groups -OCH3 is 1. The van der Waals surface area contributed by atoms with E-state index in [4.69, 9.17) is 14.5 Å². The van der Waals surface area contributed by atoms with Crippen LogP contribution in [0.3, 0.4) is 0 Å². The highest BCUT2D eigenvalue weighted by molar-refractivity contribution is 5.97. The Kier molecular flexibility index (Phi) is 6.53. The van der Waals surface area contributed by atoms with Crippen LogP contribution in [-0.4, -0.2) is 35.7 Å². The number of hydrogen-bond acceptors (Lipinski definition) is 4. The Labute approximate surface area is 205 Å². The van der Waals surface area contributed by atoms with E-state index < -0.39 is 0 Å². The molecule has 0 aliphatic carbocycles. The Morgan fingerprint density at radius 1 is 1.03 bits per heavy atom. The molecular formula is C29H29N3O3. The molecule has 1 unspecified atom stereocenters.